The van der Waals surface area contributed by atoms with Gasteiger partial charge in [0.1, 0.15) is 11.8 Å². The molecule has 0 aromatic heterocycles. The third-order valence-corrected chi connectivity index (χ3v) is 4.24. The van der Waals surface area contributed by atoms with E-state index in [0.29, 0.717) is 11.5 Å². The first-order valence-electron chi connectivity index (χ1n) is 7.55. The molecule has 2 unspecified atom stereocenters. The molecule has 2 aromatic rings. The molecule has 0 bridgehead atoms. The number of benzene rings is 2. The summed E-state index contributed by atoms with van der Waals surface area (Å²) in [6, 6.07) is 12.1. The molecule has 1 amide bonds. The second-order valence-electron chi connectivity index (χ2n) is 5.49. The fourth-order valence-corrected chi connectivity index (χ4v) is 2.94. The highest BCUT2D eigenvalue weighted by Crippen LogP contribution is 2.41. The van der Waals surface area contributed by atoms with Crippen LogP contribution in [0.1, 0.15) is 11.6 Å². The summed E-state index contributed by atoms with van der Waals surface area (Å²) in [5, 5.41) is 0. The second-order valence-corrected chi connectivity index (χ2v) is 5.49. The summed E-state index contributed by atoms with van der Waals surface area (Å²) in [7, 11) is 4.76. The van der Waals surface area contributed by atoms with Crippen molar-refractivity contribution in [3.8, 4) is 17.2 Å². The summed E-state index contributed by atoms with van der Waals surface area (Å²) in [5.41, 5.74) is 7.73. The first-order chi connectivity index (χ1) is 11.6. The van der Waals surface area contributed by atoms with Crippen molar-refractivity contribution in [2.75, 3.05) is 26.2 Å². The van der Waals surface area contributed by atoms with Gasteiger partial charge >= 0.3 is 0 Å². The van der Waals surface area contributed by atoms with Gasteiger partial charge in [-0.15, -0.1) is 0 Å². The molecule has 1 fully saturated rings. The minimum Gasteiger partial charge on any atom is -0.497 e. The van der Waals surface area contributed by atoms with Crippen LogP contribution in [0.15, 0.2) is 42.5 Å². The molecule has 1 aliphatic rings. The lowest BCUT2D eigenvalue weighted by Crippen LogP contribution is -2.63. The molecule has 3 rings (SSSR count). The largest absolute Gasteiger partial charge is 0.497 e. The van der Waals surface area contributed by atoms with Crippen LogP contribution in [0.2, 0.25) is 0 Å². The Morgan fingerprint density at radius 2 is 1.58 bits per heavy atom. The molecule has 1 heterocycles. The zero-order chi connectivity index (χ0) is 17.3. The number of methoxy groups -OCH3 is 3. The molecule has 2 aromatic carbocycles. The van der Waals surface area contributed by atoms with Crippen LogP contribution in [0.5, 0.6) is 17.2 Å². The van der Waals surface area contributed by atoms with Crippen LogP contribution < -0.4 is 24.8 Å². The van der Waals surface area contributed by atoms with Crippen molar-refractivity contribution in [2.24, 2.45) is 5.73 Å². The summed E-state index contributed by atoms with van der Waals surface area (Å²) >= 11 is 0. The van der Waals surface area contributed by atoms with Crippen molar-refractivity contribution in [2.45, 2.75) is 12.1 Å². The van der Waals surface area contributed by atoms with Crippen molar-refractivity contribution >= 4 is 11.6 Å². The number of rotatable bonds is 5. The van der Waals surface area contributed by atoms with E-state index in [1.165, 1.54) is 0 Å². The number of hydrogen-bond donors (Lipinski definition) is 1. The Kier molecular flexibility index (Phi) is 4.31. The number of carbonyl (C=O) groups is 1. The molecule has 0 radical (unpaired) electrons. The van der Waals surface area contributed by atoms with E-state index in [4.69, 9.17) is 19.9 Å². The van der Waals surface area contributed by atoms with Crippen LogP contribution in [0.3, 0.4) is 0 Å². The maximum atomic E-state index is 12.3. The fourth-order valence-electron chi connectivity index (χ4n) is 2.94. The number of nitrogens with two attached hydrogens (primary N) is 1. The summed E-state index contributed by atoms with van der Waals surface area (Å²) < 4.78 is 15.8. The number of anilines is 1. The first kappa shape index (κ1) is 16.1. The van der Waals surface area contributed by atoms with Gasteiger partial charge in [-0.25, -0.2) is 0 Å². The van der Waals surface area contributed by atoms with Crippen molar-refractivity contribution in [3.05, 3.63) is 48.0 Å². The lowest BCUT2D eigenvalue weighted by atomic mass is 9.88. The van der Waals surface area contributed by atoms with Crippen molar-refractivity contribution in [1.29, 1.82) is 0 Å². The lowest BCUT2D eigenvalue weighted by molar-refractivity contribution is -0.126. The molecule has 0 spiro atoms. The quantitative estimate of drug-likeness (QED) is 0.851. The Balaban J connectivity index is 1.94. The Bertz CT molecular complexity index is 745. The number of hydrogen-bond acceptors (Lipinski definition) is 5. The summed E-state index contributed by atoms with van der Waals surface area (Å²) in [4.78, 5) is 14.0. The van der Waals surface area contributed by atoms with E-state index in [1.807, 2.05) is 42.5 Å². The standard InChI is InChI=1S/C18H20N2O4/c1-22-13-7-5-12(6-8-13)20-17(16(19)18(20)21)11-4-9-14(23-2)15(10-11)24-3/h4-10,16-17H,19H2,1-3H3. The molecule has 2 N–H and O–H groups in total. The van der Waals surface area contributed by atoms with E-state index in [9.17, 15) is 4.79 Å². The summed E-state index contributed by atoms with van der Waals surface area (Å²) in [6.45, 7) is 0. The number of carbonyl (C=O) groups excluding carboxylic acids is 1. The van der Waals surface area contributed by atoms with Gasteiger partial charge < -0.3 is 24.8 Å². The van der Waals surface area contributed by atoms with E-state index < -0.39 is 6.04 Å². The van der Waals surface area contributed by atoms with Gasteiger partial charge in [0.25, 0.3) is 0 Å². The van der Waals surface area contributed by atoms with Gasteiger partial charge in [0.2, 0.25) is 5.91 Å². The number of β-lactam (4-membered cyclic amide) rings is 1. The topological polar surface area (TPSA) is 74.0 Å². The molecule has 24 heavy (non-hydrogen) atoms. The van der Waals surface area contributed by atoms with Crippen molar-refractivity contribution in [1.82, 2.24) is 0 Å². The van der Waals surface area contributed by atoms with Crippen LogP contribution in [-0.4, -0.2) is 33.3 Å². The Morgan fingerprint density at radius 3 is 2.17 bits per heavy atom. The van der Waals surface area contributed by atoms with Gasteiger partial charge in [-0.2, -0.15) is 0 Å². The smallest absolute Gasteiger partial charge is 0.247 e. The van der Waals surface area contributed by atoms with E-state index in [1.54, 1.807) is 26.2 Å². The molecule has 0 aliphatic carbocycles. The zero-order valence-corrected chi connectivity index (χ0v) is 13.9. The monoisotopic (exact) mass is 328 g/mol. The van der Waals surface area contributed by atoms with Crippen LogP contribution in [0, 0.1) is 0 Å². The summed E-state index contributed by atoms with van der Waals surface area (Å²) in [6.07, 6.45) is 0. The van der Waals surface area contributed by atoms with E-state index in [-0.39, 0.29) is 11.9 Å². The average Bonchev–Trinajstić information content (AvgIpc) is 2.64. The van der Waals surface area contributed by atoms with Crippen LogP contribution in [0.25, 0.3) is 0 Å². The van der Waals surface area contributed by atoms with Gasteiger partial charge in [-0.3, -0.25) is 4.79 Å². The molecule has 126 valence electrons. The molecule has 2 atom stereocenters. The lowest BCUT2D eigenvalue weighted by Gasteiger charge is -2.45. The third-order valence-electron chi connectivity index (χ3n) is 4.24. The minimum absolute atomic E-state index is 0.111. The van der Waals surface area contributed by atoms with Gasteiger partial charge in [-0.05, 0) is 42.0 Å². The molecular weight excluding hydrogens is 308 g/mol. The van der Waals surface area contributed by atoms with Gasteiger partial charge in [-0.1, -0.05) is 6.07 Å². The molecule has 1 saturated heterocycles. The SMILES string of the molecule is COc1ccc(N2C(=O)C(N)C2c2ccc(OC)c(OC)c2)cc1. The van der Waals surface area contributed by atoms with E-state index in [0.717, 1.165) is 17.0 Å². The normalized spacial score (nSPS) is 19.7. The average molecular weight is 328 g/mol. The third kappa shape index (κ3) is 2.55. The van der Waals surface area contributed by atoms with Gasteiger partial charge in [0, 0.05) is 5.69 Å². The van der Waals surface area contributed by atoms with Gasteiger partial charge in [0.05, 0.1) is 27.4 Å². The summed E-state index contributed by atoms with van der Waals surface area (Å²) in [5.74, 6) is 1.87. The van der Waals surface area contributed by atoms with Crippen LogP contribution >= 0.6 is 0 Å². The number of amides is 1. The maximum Gasteiger partial charge on any atom is 0.247 e. The van der Waals surface area contributed by atoms with Gasteiger partial charge in [0.15, 0.2) is 11.5 Å². The maximum absolute atomic E-state index is 12.3. The predicted octanol–water partition coefficient (Wildman–Crippen LogP) is 2.13. The first-order valence-corrected chi connectivity index (χ1v) is 7.55. The number of nitrogens with zero attached hydrogens (tertiary/aromatic N) is 1. The highest BCUT2D eigenvalue weighted by Gasteiger charge is 2.46. The van der Waals surface area contributed by atoms with E-state index >= 15 is 0 Å². The second kappa shape index (κ2) is 6.41. The molecule has 6 heteroatoms. The molecule has 0 saturated carbocycles. The Morgan fingerprint density at radius 1 is 0.917 bits per heavy atom. The molecule has 1 aliphatic heterocycles. The Labute approximate surface area is 140 Å². The van der Waals surface area contributed by atoms with Crippen molar-refractivity contribution in [3.63, 3.8) is 0 Å². The number of ether oxygens (including phenoxy) is 3. The van der Waals surface area contributed by atoms with Crippen LogP contribution in [-0.2, 0) is 4.79 Å². The highest BCUT2D eigenvalue weighted by atomic mass is 16.5. The minimum atomic E-state index is -0.579. The highest BCUT2D eigenvalue weighted by molar-refractivity contribution is 6.05. The fraction of sp³-hybridized carbons (Fsp3) is 0.278. The Hall–Kier alpha value is -2.73. The zero-order valence-electron chi connectivity index (χ0n) is 13.9. The van der Waals surface area contributed by atoms with Crippen LogP contribution in [0.4, 0.5) is 5.69 Å². The molecule has 6 nitrogen and oxygen atoms in total. The van der Waals surface area contributed by atoms with Crippen molar-refractivity contribution < 1.29 is 19.0 Å². The van der Waals surface area contributed by atoms with E-state index in [2.05, 4.69) is 0 Å². The molecular formula is C18H20N2O4. The predicted molar refractivity (Wildman–Crippen MR) is 90.7 cm³/mol.